The Hall–Kier alpha value is -3.93. The number of pyridine rings is 1. The highest BCUT2D eigenvalue weighted by atomic mass is 19.1. The third-order valence-corrected chi connectivity index (χ3v) is 6.56. The van der Waals surface area contributed by atoms with Gasteiger partial charge in [-0.2, -0.15) is 0 Å². The van der Waals surface area contributed by atoms with E-state index in [0.29, 0.717) is 24.9 Å². The van der Waals surface area contributed by atoms with Gasteiger partial charge < -0.3 is 14.3 Å². The van der Waals surface area contributed by atoms with E-state index in [1.54, 1.807) is 12.1 Å². The molecule has 1 N–H and O–H groups in total. The molecule has 1 amide bonds. The molecule has 3 aromatic heterocycles. The average molecular weight is 439 g/mol. The van der Waals surface area contributed by atoms with E-state index in [1.165, 1.54) is 11.6 Å². The SMILES string of the molecule is O=C(CCc1cn2ccccc2n1)N1CCc2c([nH]c3ccccc23)C1c1ccccc1F. The Balaban J connectivity index is 1.34. The van der Waals surface area contributed by atoms with Crippen LogP contribution in [0.2, 0.25) is 0 Å². The van der Waals surface area contributed by atoms with Crippen molar-refractivity contribution in [2.75, 3.05) is 6.54 Å². The lowest BCUT2D eigenvalue weighted by Crippen LogP contribution is -2.41. The Morgan fingerprint density at radius 3 is 2.76 bits per heavy atom. The number of halogens is 1. The number of hydrogen-bond donors (Lipinski definition) is 1. The van der Waals surface area contributed by atoms with Crippen molar-refractivity contribution in [3.8, 4) is 0 Å². The number of aromatic amines is 1. The second-order valence-corrected chi connectivity index (χ2v) is 8.52. The van der Waals surface area contributed by atoms with Crippen molar-refractivity contribution in [2.45, 2.75) is 25.3 Å². The number of aromatic nitrogens is 3. The number of nitrogens with zero attached hydrogens (tertiary/aromatic N) is 3. The summed E-state index contributed by atoms with van der Waals surface area (Å²) in [7, 11) is 0. The molecule has 4 heterocycles. The van der Waals surface area contributed by atoms with Gasteiger partial charge in [0, 0.05) is 47.5 Å². The first-order chi connectivity index (χ1) is 16.2. The molecule has 5 nitrogen and oxygen atoms in total. The molecule has 33 heavy (non-hydrogen) atoms. The zero-order chi connectivity index (χ0) is 22.4. The van der Waals surface area contributed by atoms with E-state index >= 15 is 0 Å². The van der Waals surface area contributed by atoms with E-state index in [2.05, 4.69) is 16.0 Å². The van der Waals surface area contributed by atoms with Crippen LogP contribution in [0.4, 0.5) is 4.39 Å². The van der Waals surface area contributed by atoms with E-state index < -0.39 is 6.04 Å². The molecule has 2 aromatic carbocycles. The molecule has 6 heteroatoms. The minimum Gasteiger partial charge on any atom is -0.356 e. The zero-order valence-corrected chi connectivity index (χ0v) is 18.0. The van der Waals surface area contributed by atoms with Gasteiger partial charge in [0.15, 0.2) is 0 Å². The molecule has 1 unspecified atom stereocenters. The highest BCUT2D eigenvalue weighted by Crippen LogP contribution is 2.39. The van der Waals surface area contributed by atoms with E-state index in [-0.39, 0.29) is 11.7 Å². The number of benzene rings is 2. The van der Waals surface area contributed by atoms with Gasteiger partial charge >= 0.3 is 0 Å². The van der Waals surface area contributed by atoms with Crippen LogP contribution in [0.15, 0.2) is 79.1 Å². The summed E-state index contributed by atoms with van der Waals surface area (Å²) in [6, 6.07) is 20.2. The summed E-state index contributed by atoms with van der Waals surface area (Å²) in [6.07, 6.45) is 5.52. The molecule has 0 saturated heterocycles. The summed E-state index contributed by atoms with van der Waals surface area (Å²) in [5, 5.41) is 1.14. The Morgan fingerprint density at radius 1 is 1.06 bits per heavy atom. The number of amides is 1. The van der Waals surface area contributed by atoms with Crippen molar-refractivity contribution in [3.05, 3.63) is 107 Å². The number of imidazole rings is 1. The van der Waals surface area contributed by atoms with Gasteiger partial charge in [0.1, 0.15) is 17.5 Å². The van der Waals surface area contributed by atoms with Crippen LogP contribution in [0, 0.1) is 5.82 Å². The second-order valence-electron chi connectivity index (χ2n) is 8.52. The van der Waals surface area contributed by atoms with Crippen LogP contribution in [-0.4, -0.2) is 31.7 Å². The van der Waals surface area contributed by atoms with Gasteiger partial charge in [-0.1, -0.05) is 42.5 Å². The summed E-state index contributed by atoms with van der Waals surface area (Å²) < 4.78 is 16.9. The Labute approximate surface area is 190 Å². The number of rotatable bonds is 4. The molecule has 0 radical (unpaired) electrons. The van der Waals surface area contributed by atoms with Crippen LogP contribution in [0.25, 0.3) is 16.6 Å². The van der Waals surface area contributed by atoms with Crippen LogP contribution in [0.3, 0.4) is 0 Å². The molecule has 6 rings (SSSR count). The minimum absolute atomic E-state index is 0.00427. The fraction of sp³-hybridized carbons (Fsp3) is 0.185. The molecule has 1 aliphatic heterocycles. The van der Waals surface area contributed by atoms with Gasteiger partial charge in [-0.05, 0) is 42.7 Å². The lowest BCUT2D eigenvalue weighted by Gasteiger charge is -2.36. The maximum absolute atomic E-state index is 15.0. The highest BCUT2D eigenvalue weighted by molar-refractivity contribution is 5.86. The molecule has 0 spiro atoms. The lowest BCUT2D eigenvalue weighted by atomic mass is 9.91. The summed E-state index contributed by atoms with van der Waals surface area (Å²) >= 11 is 0. The van der Waals surface area contributed by atoms with Gasteiger partial charge in [-0.25, -0.2) is 9.37 Å². The van der Waals surface area contributed by atoms with Crippen molar-refractivity contribution in [1.82, 2.24) is 19.3 Å². The van der Waals surface area contributed by atoms with Crippen LogP contribution >= 0.6 is 0 Å². The molecule has 0 fully saturated rings. The maximum Gasteiger partial charge on any atom is 0.223 e. The van der Waals surface area contributed by atoms with Crippen molar-refractivity contribution in [2.24, 2.45) is 0 Å². The predicted octanol–water partition coefficient (Wildman–Crippen LogP) is 5.06. The Bertz CT molecular complexity index is 1450. The highest BCUT2D eigenvalue weighted by Gasteiger charge is 2.35. The van der Waals surface area contributed by atoms with E-state index in [4.69, 9.17) is 0 Å². The molecule has 164 valence electrons. The molecule has 5 aromatic rings. The number of H-pyrrole nitrogens is 1. The molecule has 1 aliphatic rings. The third-order valence-electron chi connectivity index (χ3n) is 6.56. The monoisotopic (exact) mass is 438 g/mol. The van der Waals surface area contributed by atoms with Crippen LogP contribution in [0.1, 0.15) is 35.0 Å². The van der Waals surface area contributed by atoms with Gasteiger partial charge in [0.25, 0.3) is 0 Å². The molecule has 0 bridgehead atoms. The third kappa shape index (κ3) is 3.39. The predicted molar refractivity (Wildman–Crippen MR) is 125 cm³/mol. The first kappa shape index (κ1) is 19.7. The summed E-state index contributed by atoms with van der Waals surface area (Å²) in [6.45, 7) is 0.553. The van der Waals surface area contributed by atoms with Crippen molar-refractivity contribution in [3.63, 3.8) is 0 Å². The van der Waals surface area contributed by atoms with Gasteiger partial charge in [-0.3, -0.25) is 4.79 Å². The number of aryl methyl sites for hydroxylation is 1. The normalized spacial score (nSPS) is 15.8. The van der Waals surface area contributed by atoms with E-state index in [1.807, 2.05) is 64.2 Å². The fourth-order valence-corrected chi connectivity index (χ4v) is 5.02. The van der Waals surface area contributed by atoms with Gasteiger partial charge in [0.2, 0.25) is 5.91 Å². The topological polar surface area (TPSA) is 53.4 Å². The summed E-state index contributed by atoms with van der Waals surface area (Å²) in [5.74, 6) is -0.295. The van der Waals surface area contributed by atoms with Crippen LogP contribution < -0.4 is 0 Å². The van der Waals surface area contributed by atoms with E-state index in [9.17, 15) is 9.18 Å². The number of carbonyl (C=O) groups excluding carboxylic acids is 1. The molecular weight excluding hydrogens is 415 g/mol. The van der Waals surface area contributed by atoms with Crippen LogP contribution in [-0.2, 0) is 17.6 Å². The maximum atomic E-state index is 15.0. The molecule has 0 aliphatic carbocycles. The number of carbonyl (C=O) groups is 1. The molecule has 0 saturated carbocycles. The number of hydrogen-bond acceptors (Lipinski definition) is 2. The zero-order valence-electron chi connectivity index (χ0n) is 18.0. The fourth-order valence-electron chi connectivity index (χ4n) is 5.02. The quantitative estimate of drug-likeness (QED) is 0.426. The first-order valence-corrected chi connectivity index (χ1v) is 11.2. The Kier molecular flexibility index (Phi) is 4.72. The average Bonchev–Trinajstić information content (AvgIpc) is 3.43. The van der Waals surface area contributed by atoms with Gasteiger partial charge in [-0.15, -0.1) is 0 Å². The smallest absolute Gasteiger partial charge is 0.223 e. The first-order valence-electron chi connectivity index (χ1n) is 11.2. The summed E-state index contributed by atoms with van der Waals surface area (Å²) in [4.78, 5) is 23.4. The van der Waals surface area contributed by atoms with Crippen LogP contribution in [0.5, 0.6) is 0 Å². The number of fused-ring (bicyclic) bond motifs is 4. The van der Waals surface area contributed by atoms with E-state index in [0.717, 1.165) is 34.4 Å². The van der Waals surface area contributed by atoms with Gasteiger partial charge in [0.05, 0.1) is 5.69 Å². The molecular formula is C27H23FN4O. The standard InChI is InChI=1S/C27H23FN4O/c28-22-9-3-1-8-21(22)27-26-20(19-7-2-4-10-23(19)30-26)14-16-32(27)25(33)13-12-18-17-31-15-6-5-11-24(31)29-18/h1-11,15,17,27,30H,12-14,16H2. The van der Waals surface area contributed by atoms with Crippen molar-refractivity contribution < 1.29 is 9.18 Å². The minimum atomic E-state index is -0.476. The number of nitrogens with one attached hydrogen (secondary N) is 1. The van der Waals surface area contributed by atoms with Crippen molar-refractivity contribution in [1.29, 1.82) is 0 Å². The molecule has 1 atom stereocenters. The second kappa shape index (κ2) is 7.89. The largest absolute Gasteiger partial charge is 0.356 e. The van der Waals surface area contributed by atoms with Crippen molar-refractivity contribution >= 4 is 22.5 Å². The lowest BCUT2D eigenvalue weighted by molar-refractivity contribution is -0.133. The number of para-hydroxylation sites is 1. The summed E-state index contributed by atoms with van der Waals surface area (Å²) in [5.41, 5.74) is 5.36. The Morgan fingerprint density at radius 2 is 1.88 bits per heavy atom.